The maximum Gasteiger partial charge on any atom is 0.226 e. The van der Waals surface area contributed by atoms with Crippen molar-refractivity contribution in [1.82, 2.24) is 9.78 Å². The van der Waals surface area contributed by atoms with Crippen LogP contribution in [0.2, 0.25) is 0 Å². The highest BCUT2D eigenvalue weighted by Gasteiger charge is 2.29. The number of aryl methyl sites for hydroxylation is 1. The number of carbonyl (C=O) groups excluding carboxylic acids is 1. The van der Waals surface area contributed by atoms with Gasteiger partial charge in [-0.2, -0.15) is 5.10 Å². The van der Waals surface area contributed by atoms with Crippen LogP contribution in [0.1, 0.15) is 63.1 Å². The third-order valence-corrected chi connectivity index (χ3v) is 6.14. The van der Waals surface area contributed by atoms with Gasteiger partial charge in [0.2, 0.25) is 5.91 Å². The summed E-state index contributed by atoms with van der Waals surface area (Å²) in [6.07, 6.45) is 2.94. The van der Waals surface area contributed by atoms with Gasteiger partial charge >= 0.3 is 0 Å². The monoisotopic (exact) mass is 388 g/mol. The summed E-state index contributed by atoms with van der Waals surface area (Å²) in [6, 6.07) is 11.1. The van der Waals surface area contributed by atoms with E-state index in [1.165, 1.54) is 40.6 Å². The first kappa shape index (κ1) is 18.2. The lowest BCUT2D eigenvalue weighted by atomic mass is 9.93. The number of hydrogen-bond acceptors (Lipinski definition) is 3. The van der Waals surface area contributed by atoms with Crippen molar-refractivity contribution in [2.75, 3.05) is 10.6 Å². The fourth-order valence-corrected chi connectivity index (χ4v) is 4.37. The molecule has 1 atom stereocenters. The van der Waals surface area contributed by atoms with Gasteiger partial charge in [-0.25, -0.2) is 0 Å². The molecule has 1 aliphatic carbocycles. The SMILES string of the molecule is CC(C)c1cc2c(c(-c3ccc4c(c3)c(C3CC3)nn4C)c1)N[C@H](C)CC(=O)N2. The summed E-state index contributed by atoms with van der Waals surface area (Å²) in [5.74, 6) is 1.04. The van der Waals surface area contributed by atoms with E-state index in [0.29, 0.717) is 18.3 Å². The van der Waals surface area contributed by atoms with Gasteiger partial charge in [-0.3, -0.25) is 9.48 Å². The summed E-state index contributed by atoms with van der Waals surface area (Å²) in [6.45, 7) is 6.44. The van der Waals surface area contributed by atoms with Crippen molar-refractivity contribution in [1.29, 1.82) is 0 Å². The molecule has 5 heteroatoms. The predicted octanol–water partition coefficient (Wildman–Crippen LogP) is 5.38. The number of aromatic nitrogens is 2. The molecule has 1 aliphatic heterocycles. The van der Waals surface area contributed by atoms with Crippen LogP contribution in [0.4, 0.5) is 11.4 Å². The Kier molecular flexibility index (Phi) is 4.16. The fraction of sp³-hybridized carbons (Fsp3) is 0.417. The zero-order chi connectivity index (χ0) is 20.3. The molecule has 1 amide bonds. The quantitative estimate of drug-likeness (QED) is 0.633. The van der Waals surface area contributed by atoms with Gasteiger partial charge in [0.05, 0.1) is 22.6 Å². The van der Waals surface area contributed by atoms with Crippen LogP contribution >= 0.6 is 0 Å². The molecular weight excluding hydrogens is 360 g/mol. The summed E-state index contributed by atoms with van der Waals surface area (Å²) < 4.78 is 2.00. The molecule has 1 aromatic heterocycles. The van der Waals surface area contributed by atoms with Crippen LogP contribution in [-0.4, -0.2) is 21.7 Å². The average molecular weight is 389 g/mol. The number of nitrogens with one attached hydrogen (secondary N) is 2. The molecule has 5 rings (SSSR count). The van der Waals surface area contributed by atoms with Crippen molar-refractivity contribution in [3.05, 3.63) is 41.6 Å². The standard InChI is InChI=1S/C24H28N4O/c1-13(2)17-11-18(24-20(12-17)26-22(29)9-14(3)25-24)16-7-8-21-19(10-16)23(15-5-6-15)27-28(21)4/h7-8,10-15,25H,5-6,9H2,1-4H3,(H,26,29)/t14-/m1/s1. The molecule has 1 saturated carbocycles. The van der Waals surface area contributed by atoms with E-state index in [1.54, 1.807) is 0 Å². The second-order valence-electron chi connectivity index (χ2n) is 8.96. The van der Waals surface area contributed by atoms with Crippen LogP contribution in [0.15, 0.2) is 30.3 Å². The molecule has 0 bridgehead atoms. The molecule has 0 radical (unpaired) electrons. The second-order valence-corrected chi connectivity index (χ2v) is 8.96. The van der Waals surface area contributed by atoms with E-state index < -0.39 is 0 Å². The van der Waals surface area contributed by atoms with E-state index in [-0.39, 0.29) is 11.9 Å². The van der Waals surface area contributed by atoms with E-state index in [1.807, 2.05) is 11.7 Å². The van der Waals surface area contributed by atoms with E-state index in [0.717, 1.165) is 16.9 Å². The average Bonchev–Trinajstić information content (AvgIpc) is 3.47. The lowest BCUT2D eigenvalue weighted by Crippen LogP contribution is -2.19. The first-order chi connectivity index (χ1) is 13.9. The number of benzene rings is 2. The Hall–Kier alpha value is -2.82. The summed E-state index contributed by atoms with van der Waals surface area (Å²) in [5.41, 5.74) is 7.85. The molecule has 2 aliphatic rings. The van der Waals surface area contributed by atoms with Crippen molar-refractivity contribution in [3.8, 4) is 11.1 Å². The number of anilines is 2. The normalized spacial score (nSPS) is 19.1. The summed E-state index contributed by atoms with van der Waals surface area (Å²) >= 11 is 0. The lowest BCUT2D eigenvalue weighted by Gasteiger charge is -2.20. The fourth-order valence-electron chi connectivity index (χ4n) is 4.37. The number of rotatable bonds is 3. The molecule has 2 heterocycles. The van der Waals surface area contributed by atoms with E-state index >= 15 is 0 Å². The highest BCUT2D eigenvalue weighted by molar-refractivity contribution is 6.01. The van der Waals surface area contributed by atoms with Crippen LogP contribution in [0.25, 0.3) is 22.0 Å². The van der Waals surface area contributed by atoms with Crippen LogP contribution in [0, 0.1) is 0 Å². The number of nitrogens with zero attached hydrogens (tertiary/aromatic N) is 2. The van der Waals surface area contributed by atoms with E-state index in [4.69, 9.17) is 5.10 Å². The van der Waals surface area contributed by atoms with E-state index in [2.05, 4.69) is 61.7 Å². The minimum Gasteiger partial charge on any atom is -0.380 e. The Morgan fingerprint density at radius 3 is 2.69 bits per heavy atom. The Balaban J connectivity index is 1.72. The highest BCUT2D eigenvalue weighted by atomic mass is 16.1. The first-order valence-electron chi connectivity index (χ1n) is 10.6. The number of hydrogen-bond donors (Lipinski definition) is 2. The minimum absolute atomic E-state index is 0.0642. The van der Waals surface area contributed by atoms with Gasteiger partial charge in [-0.05, 0) is 61.1 Å². The second kappa shape index (κ2) is 6.61. The lowest BCUT2D eigenvalue weighted by molar-refractivity contribution is -0.116. The highest BCUT2D eigenvalue weighted by Crippen LogP contribution is 2.44. The molecule has 0 spiro atoms. The van der Waals surface area contributed by atoms with Crippen molar-refractivity contribution in [2.45, 2.75) is 57.9 Å². The molecule has 3 aromatic rings. The molecule has 2 aromatic carbocycles. The largest absolute Gasteiger partial charge is 0.380 e. The third kappa shape index (κ3) is 3.18. The summed E-state index contributed by atoms with van der Waals surface area (Å²) in [7, 11) is 2.03. The predicted molar refractivity (Wildman–Crippen MR) is 119 cm³/mol. The Morgan fingerprint density at radius 1 is 1.17 bits per heavy atom. The van der Waals surface area contributed by atoms with Gasteiger partial charge in [0.25, 0.3) is 0 Å². The molecular formula is C24H28N4O. The molecule has 2 N–H and O–H groups in total. The molecule has 29 heavy (non-hydrogen) atoms. The number of carbonyl (C=O) groups is 1. The molecule has 0 unspecified atom stereocenters. The molecule has 0 saturated heterocycles. The van der Waals surface area contributed by atoms with Gasteiger partial charge in [-0.15, -0.1) is 0 Å². The van der Waals surface area contributed by atoms with Gasteiger partial charge < -0.3 is 10.6 Å². The van der Waals surface area contributed by atoms with Crippen molar-refractivity contribution >= 4 is 28.2 Å². The van der Waals surface area contributed by atoms with Gasteiger partial charge in [0, 0.05) is 36.4 Å². The topological polar surface area (TPSA) is 59.0 Å². The van der Waals surface area contributed by atoms with E-state index in [9.17, 15) is 4.79 Å². The Morgan fingerprint density at radius 2 is 1.97 bits per heavy atom. The smallest absolute Gasteiger partial charge is 0.226 e. The van der Waals surface area contributed by atoms with Crippen molar-refractivity contribution in [2.24, 2.45) is 7.05 Å². The molecule has 150 valence electrons. The molecule has 5 nitrogen and oxygen atoms in total. The Labute approximate surface area is 171 Å². The maximum absolute atomic E-state index is 12.3. The summed E-state index contributed by atoms with van der Waals surface area (Å²) in [4.78, 5) is 12.3. The Bertz CT molecular complexity index is 1120. The van der Waals surface area contributed by atoms with Crippen molar-refractivity contribution in [3.63, 3.8) is 0 Å². The zero-order valence-corrected chi connectivity index (χ0v) is 17.5. The van der Waals surface area contributed by atoms with Gasteiger partial charge in [0.1, 0.15) is 0 Å². The van der Waals surface area contributed by atoms with Crippen LogP contribution in [0.5, 0.6) is 0 Å². The van der Waals surface area contributed by atoms with Crippen LogP contribution in [0.3, 0.4) is 0 Å². The summed E-state index contributed by atoms with van der Waals surface area (Å²) in [5, 5.41) is 12.8. The molecule has 1 fully saturated rings. The third-order valence-electron chi connectivity index (χ3n) is 6.14. The zero-order valence-electron chi connectivity index (χ0n) is 17.5. The van der Waals surface area contributed by atoms with Gasteiger partial charge in [-0.1, -0.05) is 19.9 Å². The minimum atomic E-state index is 0.0642. The van der Waals surface area contributed by atoms with Crippen LogP contribution in [-0.2, 0) is 11.8 Å². The number of amides is 1. The van der Waals surface area contributed by atoms with Crippen molar-refractivity contribution < 1.29 is 4.79 Å². The van der Waals surface area contributed by atoms with Crippen LogP contribution < -0.4 is 10.6 Å². The number of fused-ring (bicyclic) bond motifs is 2. The van der Waals surface area contributed by atoms with Gasteiger partial charge in [0.15, 0.2) is 0 Å². The maximum atomic E-state index is 12.3. The first-order valence-corrected chi connectivity index (χ1v) is 10.6.